The molecular formula is C20H18ClN3O2. The van der Waals surface area contributed by atoms with Gasteiger partial charge in [0.15, 0.2) is 0 Å². The number of aryl methyl sites for hydroxylation is 1. The number of carbonyl (C=O) groups excluding carboxylic acids is 2. The van der Waals surface area contributed by atoms with Crippen molar-refractivity contribution in [3.63, 3.8) is 0 Å². The highest BCUT2D eigenvalue weighted by Gasteiger charge is 2.17. The van der Waals surface area contributed by atoms with Crippen molar-refractivity contribution in [3.8, 4) is 5.69 Å². The van der Waals surface area contributed by atoms with Gasteiger partial charge in [0.25, 0.3) is 11.8 Å². The summed E-state index contributed by atoms with van der Waals surface area (Å²) in [6, 6.07) is 18.1. The SMILES string of the molecule is Cc1cc(C(=O)NNC(=O)c2cccc(Cl)c2)c(C)n1-c1ccccc1. The Balaban J connectivity index is 1.76. The van der Waals surface area contributed by atoms with E-state index in [4.69, 9.17) is 11.6 Å². The van der Waals surface area contributed by atoms with Gasteiger partial charge in [0, 0.05) is 27.7 Å². The molecule has 0 unspecified atom stereocenters. The standard InChI is InChI=1S/C20H18ClN3O2/c1-13-11-18(14(2)24(13)17-9-4-3-5-10-17)20(26)23-22-19(25)15-7-6-8-16(21)12-15/h3-12H,1-2H3,(H,22,25)(H,23,26). The van der Waals surface area contributed by atoms with Gasteiger partial charge in [0.05, 0.1) is 5.56 Å². The summed E-state index contributed by atoms with van der Waals surface area (Å²) in [5.74, 6) is -0.812. The van der Waals surface area contributed by atoms with E-state index in [1.165, 1.54) is 6.07 Å². The third-order valence-corrected chi connectivity index (χ3v) is 4.30. The fourth-order valence-electron chi connectivity index (χ4n) is 2.85. The molecule has 5 nitrogen and oxygen atoms in total. The summed E-state index contributed by atoms with van der Waals surface area (Å²) in [4.78, 5) is 24.6. The number of hydrogen-bond donors (Lipinski definition) is 2. The molecule has 0 spiro atoms. The Kier molecular flexibility index (Phi) is 5.09. The zero-order chi connectivity index (χ0) is 18.7. The minimum absolute atomic E-state index is 0.368. The van der Waals surface area contributed by atoms with Crippen LogP contribution < -0.4 is 10.9 Å². The molecule has 26 heavy (non-hydrogen) atoms. The number of halogens is 1. The van der Waals surface area contributed by atoms with E-state index in [0.717, 1.165) is 17.1 Å². The lowest BCUT2D eigenvalue weighted by molar-refractivity contribution is 0.0846. The topological polar surface area (TPSA) is 63.1 Å². The number of rotatable bonds is 3. The number of hydrazine groups is 1. The Morgan fingerprint density at radius 2 is 1.58 bits per heavy atom. The predicted molar refractivity (Wildman–Crippen MR) is 102 cm³/mol. The normalized spacial score (nSPS) is 10.4. The Morgan fingerprint density at radius 3 is 2.27 bits per heavy atom. The maximum atomic E-state index is 12.5. The number of nitrogens with zero attached hydrogens (tertiary/aromatic N) is 1. The van der Waals surface area contributed by atoms with Gasteiger partial charge in [-0.05, 0) is 50.2 Å². The third kappa shape index (κ3) is 3.63. The van der Waals surface area contributed by atoms with Crippen LogP contribution in [0.4, 0.5) is 0 Å². The highest BCUT2D eigenvalue weighted by Crippen LogP contribution is 2.20. The number of benzene rings is 2. The number of hydrogen-bond acceptors (Lipinski definition) is 2. The number of carbonyl (C=O) groups is 2. The van der Waals surface area contributed by atoms with Crippen molar-refractivity contribution in [2.24, 2.45) is 0 Å². The molecular weight excluding hydrogens is 350 g/mol. The van der Waals surface area contributed by atoms with Crippen molar-refractivity contribution in [3.05, 3.63) is 88.2 Å². The summed E-state index contributed by atoms with van der Waals surface area (Å²) >= 11 is 5.88. The Labute approximate surface area is 156 Å². The highest BCUT2D eigenvalue weighted by molar-refractivity contribution is 6.30. The Bertz CT molecular complexity index is 964. The van der Waals surface area contributed by atoms with Gasteiger partial charge in [-0.2, -0.15) is 0 Å². The largest absolute Gasteiger partial charge is 0.318 e. The molecule has 132 valence electrons. The highest BCUT2D eigenvalue weighted by atomic mass is 35.5. The van der Waals surface area contributed by atoms with Gasteiger partial charge in [0.2, 0.25) is 0 Å². The van der Waals surface area contributed by atoms with Gasteiger partial charge in [-0.1, -0.05) is 35.9 Å². The zero-order valence-corrected chi connectivity index (χ0v) is 15.2. The molecule has 0 bridgehead atoms. The lowest BCUT2D eigenvalue weighted by Gasteiger charge is -2.10. The van der Waals surface area contributed by atoms with Crippen LogP contribution in [0.5, 0.6) is 0 Å². The molecule has 0 radical (unpaired) electrons. The van der Waals surface area contributed by atoms with Crippen LogP contribution in [0.25, 0.3) is 5.69 Å². The molecule has 0 aliphatic carbocycles. The lowest BCUT2D eigenvalue weighted by Crippen LogP contribution is -2.41. The van der Waals surface area contributed by atoms with Crippen LogP contribution in [0.1, 0.15) is 32.1 Å². The smallest absolute Gasteiger partial charge is 0.271 e. The minimum Gasteiger partial charge on any atom is -0.318 e. The van der Waals surface area contributed by atoms with Crippen molar-refractivity contribution in [2.45, 2.75) is 13.8 Å². The van der Waals surface area contributed by atoms with Crippen LogP contribution in [-0.2, 0) is 0 Å². The number of amides is 2. The summed E-state index contributed by atoms with van der Waals surface area (Å²) in [5.41, 5.74) is 8.44. The quantitative estimate of drug-likeness (QED) is 0.691. The number of para-hydroxylation sites is 1. The van der Waals surface area contributed by atoms with E-state index in [2.05, 4.69) is 10.9 Å². The molecule has 0 aliphatic heterocycles. The monoisotopic (exact) mass is 367 g/mol. The number of aromatic nitrogens is 1. The minimum atomic E-state index is -0.433. The van der Waals surface area contributed by atoms with Gasteiger partial charge < -0.3 is 4.57 Å². The van der Waals surface area contributed by atoms with E-state index < -0.39 is 5.91 Å². The second-order valence-electron chi connectivity index (χ2n) is 5.87. The van der Waals surface area contributed by atoms with Gasteiger partial charge in [-0.3, -0.25) is 20.4 Å². The second-order valence-corrected chi connectivity index (χ2v) is 6.31. The van der Waals surface area contributed by atoms with Crippen LogP contribution in [0.3, 0.4) is 0 Å². The van der Waals surface area contributed by atoms with Crippen molar-refractivity contribution in [2.75, 3.05) is 0 Å². The number of nitrogens with one attached hydrogen (secondary N) is 2. The maximum absolute atomic E-state index is 12.5. The molecule has 0 atom stereocenters. The fourth-order valence-corrected chi connectivity index (χ4v) is 3.04. The Hall–Kier alpha value is -3.05. The third-order valence-electron chi connectivity index (χ3n) is 4.07. The van der Waals surface area contributed by atoms with Crippen molar-refractivity contribution in [1.29, 1.82) is 0 Å². The van der Waals surface area contributed by atoms with Gasteiger partial charge in [0.1, 0.15) is 0 Å². The van der Waals surface area contributed by atoms with Gasteiger partial charge in [-0.25, -0.2) is 0 Å². The molecule has 1 aromatic heterocycles. The van der Waals surface area contributed by atoms with E-state index in [1.807, 2.05) is 48.7 Å². The molecule has 1 heterocycles. The van der Waals surface area contributed by atoms with Crippen LogP contribution >= 0.6 is 11.6 Å². The first-order valence-electron chi connectivity index (χ1n) is 8.08. The van der Waals surface area contributed by atoms with E-state index >= 15 is 0 Å². The summed E-state index contributed by atoms with van der Waals surface area (Å²) in [7, 11) is 0. The van der Waals surface area contributed by atoms with E-state index in [-0.39, 0.29) is 5.91 Å². The molecule has 2 aromatic carbocycles. The van der Waals surface area contributed by atoms with E-state index in [0.29, 0.717) is 16.1 Å². The molecule has 0 saturated heterocycles. The fraction of sp³-hybridized carbons (Fsp3) is 0.100. The Morgan fingerprint density at radius 1 is 0.885 bits per heavy atom. The summed E-state index contributed by atoms with van der Waals surface area (Å²) < 4.78 is 1.99. The van der Waals surface area contributed by atoms with Crippen molar-refractivity contribution >= 4 is 23.4 Å². The molecule has 2 N–H and O–H groups in total. The predicted octanol–water partition coefficient (Wildman–Crippen LogP) is 3.82. The first-order valence-corrected chi connectivity index (χ1v) is 8.46. The molecule has 2 amide bonds. The van der Waals surface area contributed by atoms with Crippen molar-refractivity contribution in [1.82, 2.24) is 15.4 Å². The molecule has 6 heteroatoms. The van der Waals surface area contributed by atoms with Gasteiger partial charge >= 0.3 is 0 Å². The average Bonchev–Trinajstić information content (AvgIpc) is 2.94. The van der Waals surface area contributed by atoms with Gasteiger partial charge in [-0.15, -0.1) is 0 Å². The zero-order valence-electron chi connectivity index (χ0n) is 14.4. The molecule has 3 aromatic rings. The van der Waals surface area contributed by atoms with Crippen LogP contribution in [0.2, 0.25) is 5.02 Å². The van der Waals surface area contributed by atoms with E-state index in [1.54, 1.807) is 24.3 Å². The molecule has 0 aliphatic rings. The van der Waals surface area contributed by atoms with Crippen LogP contribution in [0, 0.1) is 13.8 Å². The van der Waals surface area contributed by atoms with E-state index in [9.17, 15) is 9.59 Å². The first kappa shape index (κ1) is 17.8. The maximum Gasteiger partial charge on any atom is 0.271 e. The lowest BCUT2D eigenvalue weighted by atomic mass is 10.2. The average molecular weight is 368 g/mol. The summed E-state index contributed by atoms with van der Waals surface area (Å²) in [5, 5.41) is 0.454. The second kappa shape index (κ2) is 7.45. The summed E-state index contributed by atoms with van der Waals surface area (Å²) in [6.45, 7) is 3.80. The van der Waals surface area contributed by atoms with Crippen LogP contribution in [0.15, 0.2) is 60.7 Å². The first-order chi connectivity index (χ1) is 12.5. The summed E-state index contributed by atoms with van der Waals surface area (Å²) in [6.07, 6.45) is 0. The molecule has 3 rings (SSSR count). The molecule has 0 fully saturated rings. The van der Waals surface area contributed by atoms with Crippen LogP contribution in [-0.4, -0.2) is 16.4 Å². The van der Waals surface area contributed by atoms with Crippen molar-refractivity contribution < 1.29 is 9.59 Å². The molecule has 0 saturated carbocycles.